The number of benzene rings is 1. The fraction of sp³-hybridized carbons (Fsp3) is 0.621. The lowest BCUT2D eigenvalue weighted by Gasteiger charge is -2.10. The summed E-state index contributed by atoms with van der Waals surface area (Å²) < 4.78 is 8.17. The number of aromatic hydroxyl groups is 1. The number of carbonyl (C=O) groups excluding carboxylic acids is 2. The highest BCUT2D eigenvalue weighted by Crippen LogP contribution is 2.17. The van der Waals surface area contributed by atoms with Gasteiger partial charge in [-0.3, -0.25) is 19.1 Å². The first-order valence-corrected chi connectivity index (χ1v) is 13.9. The Hall–Kier alpha value is -3.03. The van der Waals surface area contributed by atoms with Gasteiger partial charge in [0.2, 0.25) is 11.7 Å². The van der Waals surface area contributed by atoms with Crippen molar-refractivity contribution in [3.63, 3.8) is 0 Å². The maximum atomic E-state index is 12.2. The predicted octanol–water partition coefficient (Wildman–Crippen LogP) is 6.15. The number of unbranched alkanes of at least 4 members (excludes halogenated alkanes) is 11. The highest BCUT2D eigenvalue weighted by atomic mass is 16.5. The van der Waals surface area contributed by atoms with Gasteiger partial charge in [-0.25, -0.2) is 4.68 Å². The molecular formula is C29H45N3O5. The number of hydrogen-bond acceptors (Lipinski definition) is 5. The number of rotatable bonds is 18. The first-order valence-electron chi connectivity index (χ1n) is 13.9. The Morgan fingerprint density at radius 2 is 1.41 bits per heavy atom. The maximum absolute atomic E-state index is 12.2. The second-order valence-corrected chi connectivity index (χ2v) is 9.78. The van der Waals surface area contributed by atoms with Crippen LogP contribution in [0.1, 0.15) is 103 Å². The van der Waals surface area contributed by atoms with E-state index in [4.69, 9.17) is 4.74 Å². The SMILES string of the molecule is CCCCCCCCCCCCCCOC(=O)CCC(=O)Nc1ccc(-n2c(=O)c(O)c(C)n2C)cc1. The van der Waals surface area contributed by atoms with Crippen molar-refractivity contribution in [3.8, 4) is 11.4 Å². The van der Waals surface area contributed by atoms with E-state index in [2.05, 4.69) is 12.2 Å². The van der Waals surface area contributed by atoms with E-state index < -0.39 is 5.56 Å². The van der Waals surface area contributed by atoms with Gasteiger partial charge in [-0.1, -0.05) is 77.6 Å². The van der Waals surface area contributed by atoms with Crippen molar-refractivity contribution in [3.05, 3.63) is 40.3 Å². The van der Waals surface area contributed by atoms with Crippen LogP contribution in [0.2, 0.25) is 0 Å². The quantitative estimate of drug-likeness (QED) is 0.183. The summed E-state index contributed by atoms with van der Waals surface area (Å²) in [5, 5.41) is 12.6. The average molecular weight is 516 g/mol. The molecule has 8 heteroatoms. The third-order valence-electron chi connectivity index (χ3n) is 6.74. The van der Waals surface area contributed by atoms with Crippen LogP contribution in [0, 0.1) is 6.92 Å². The molecule has 0 saturated carbocycles. The Balaban J connectivity index is 1.54. The van der Waals surface area contributed by atoms with E-state index in [1.54, 1.807) is 42.9 Å². The van der Waals surface area contributed by atoms with Gasteiger partial charge in [-0.15, -0.1) is 0 Å². The number of amides is 1. The van der Waals surface area contributed by atoms with Crippen LogP contribution in [0.3, 0.4) is 0 Å². The second kappa shape index (κ2) is 16.7. The van der Waals surface area contributed by atoms with Crippen molar-refractivity contribution < 1.29 is 19.4 Å². The van der Waals surface area contributed by atoms with Crippen LogP contribution < -0.4 is 10.9 Å². The number of esters is 1. The van der Waals surface area contributed by atoms with E-state index in [0.717, 1.165) is 12.8 Å². The summed E-state index contributed by atoms with van der Waals surface area (Å²) in [6.07, 6.45) is 15.2. The minimum atomic E-state index is -0.501. The molecule has 206 valence electrons. The monoisotopic (exact) mass is 515 g/mol. The Morgan fingerprint density at radius 3 is 1.92 bits per heavy atom. The van der Waals surface area contributed by atoms with Crippen LogP contribution in [0.25, 0.3) is 5.69 Å². The van der Waals surface area contributed by atoms with Crippen LogP contribution in [-0.4, -0.2) is 33.0 Å². The van der Waals surface area contributed by atoms with Gasteiger partial charge in [0.05, 0.1) is 24.4 Å². The number of ether oxygens (including phenoxy) is 1. The number of hydrogen-bond donors (Lipinski definition) is 2. The lowest BCUT2D eigenvalue weighted by Crippen LogP contribution is -2.19. The van der Waals surface area contributed by atoms with Gasteiger partial charge in [0.25, 0.3) is 0 Å². The summed E-state index contributed by atoms with van der Waals surface area (Å²) in [5.41, 5.74) is 1.09. The molecule has 0 saturated heterocycles. The smallest absolute Gasteiger partial charge is 0.313 e. The maximum Gasteiger partial charge on any atom is 0.313 e. The predicted molar refractivity (Wildman–Crippen MR) is 147 cm³/mol. The molecule has 0 spiro atoms. The average Bonchev–Trinajstić information content (AvgIpc) is 3.08. The molecule has 1 heterocycles. The largest absolute Gasteiger partial charge is 0.502 e. The highest BCUT2D eigenvalue weighted by Gasteiger charge is 2.15. The van der Waals surface area contributed by atoms with Gasteiger partial charge in [-0.05, 0) is 37.6 Å². The summed E-state index contributed by atoms with van der Waals surface area (Å²) in [5.74, 6) is -0.919. The molecule has 0 atom stereocenters. The third-order valence-corrected chi connectivity index (χ3v) is 6.74. The summed E-state index contributed by atoms with van der Waals surface area (Å²) >= 11 is 0. The number of anilines is 1. The molecule has 8 nitrogen and oxygen atoms in total. The van der Waals surface area contributed by atoms with E-state index in [-0.39, 0.29) is 30.5 Å². The molecule has 1 aromatic carbocycles. The molecule has 2 rings (SSSR count). The summed E-state index contributed by atoms with van der Waals surface area (Å²) in [6, 6.07) is 6.70. The van der Waals surface area contributed by atoms with Crippen LogP contribution in [-0.2, 0) is 21.4 Å². The van der Waals surface area contributed by atoms with E-state index in [0.29, 0.717) is 23.7 Å². The molecule has 0 radical (unpaired) electrons. The molecule has 0 aliphatic rings. The fourth-order valence-corrected chi connectivity index (χ4v) is 4.31. The zero-order chi connectivity index (χ0) is 27.0. The van der Waals surface area contributed by atoms with Crippen LogP contribution in [0.15, 0.2) is 29.1 Å². The van der Waals surface area contributed by atoms with Crippen LogP contribution in [0.5, 0.6) is 5.75 Å². The molecule has 1 amide bonds. The molecule has 0 bridgehead atoms. The minimum absolute atomic E-state index is 0.0411. The first-order chi connectivity index (χ1) is 17.8. The molecule has 1 aromatic heterocycles. The van der Waals surface area contributed by atoms with Gasteiger partial charge in [0.1, 0.15) is 0 Å². The van der Waals surface area contributed by atoms with E-state index in [1.165, 1.54) is 68.9 Å². The van der Waals surface area contributed by atoms with Gasteiger partial charge in [0.15, 0.2) is 0 Å². The van der Waals surface area contributed by atoms with Gasteiger partial charge in [-0.2, -0.15) is 0 Å². The topological polar surface area (TPSA) is 103 Å². The van der Waals surface area contributed by atoms with Crippen LogP contribution in [0.4, 0.5) is 5.69 Å². The Kier molecular flexibility index (Phi) is 13.6. The zero-order valence-electron chi connectivity index (χ0n) is 22.9. The minimum Gasteiger partial charge on any atom is -0.502 e. The van der Waals surface area contributed by atoms with Gasteiger partial charge < -0.3 is 15.2 Å². The normalized spacial score (nSPS) is 11.0. The van der Waals surface area contributed by atoms with Crippen molar-refractivity contribution in [2.75, 3.05) is 11.9 Å². The lowest BCUT2D eigenvalue weighted by atomic mass is 10.1. The van der Waals surface area contributed by atoms with Gasteiger partial charge in [0, 0.05) is 19.2 Å². The summed E-state index contributed by atoms with van der Waals surface area (Å²) in [4.78, 5) is 36.4. The Labute approximate surface area is 221 Å². The van der Waals surface area contributed by atoms with Crippen molar-refractivity contribution in [2.24, 2.45) is 7.05 Å². The van der Waals surface area contributed by atoms with Crippen molar-refractivity contribution in [1.82, 2.24) is 9.36 Å². The van der Waals surface area contributed by atoms with Crippen molar-refractivity contribution in [1.29, 1.82) is 0 Å². The highest BCUT2D eigenvalue weighted by molar-refractivity contribution is 5.92. The number of nitrogens with zero attached hydrogens (tertiary/aromatic N) is 2. The standard InChI is InChI=1S/C29H45N3O5/c1-4-5-6-7-8-9-10-11-12-13-14-15-22-37-27(34)21-20-26(33)30-24-16-18-25(19-17-24)32-29(36)28(35)23(2)31(32)3/h16-19,35H,4-15,20-22H2,1-3H3,(H,30,33). The molecule has 2 aromatic rings. The van der Waals surface area contributed by atoms with Gasteiger partial charge >= 0.3 is 11.5 Å². The molecule has 0 fully saturated rings. The van der Waals surface area contributed by atoms with E-state index in [9.17, 15) is 19.5 Å². The molecule has 0 unspecified atom stereocenters. The number of aromatic nitrogens is 2. The number of carbonyl (C=O) groups is 2. The lowest BCUT2D eigenvalue weighted by molar-refractivity contribution is -0.144. The Bertz CT molecular complexity index is 1020. The van der Waals surface area contributed by atoms with E-state index >= 15 is 0 Å². The summed E-state index contributed by atoms with van der Waals surface area (Å²) in [7, 11) is 1.68. The molecule has 0 aliphatic carbocycles. The van der Waals surface area contributed by atoms with E-state index in [1.807, 2.05) is 0 Å². The molecular weight excluding hydrogens is 470 g/mol. The van der Waals surface area contributed by atoms with Crippen molar-refractivity contribution >= 4 is 17.6 Å². The Morgan fingerprint density at radius 1 is 0.865 bits per heavy atom. The summed E-state index contributed by atoms with van der Waals surface area (Å²) in [6.45, 7) is 4.31. The third kappa shape index (κ3) is 10.5. The van der Waals surface area contributed by atoms with Crippen molar-refractivity contribution in [2.45, 2.75) is 104 Å². The molecule has 37 heavy (non-hydrogen) atoms. The second-order valence-electron chi connectivity index (χ2n) is 9.78. The van der Waals surface area contributed by atoms with Crippen LogP contribution >= 0.6 is 0 Å². The zero-order valence-corrected chi connectivity index (χ0v) is 22.9. The molecule has 2 N–H and O–H groups in total. The first kappa shape index (κ1) is 30.2. The molecule has 0 aliphatic heterocycles. The fourth-order valence-electron chi connectivity index (χ4n) is 4.31. The number of nitrogens with one attached hydrogen (secondary N) is 1.